The predicted molar refractivity (Wildman–Crippen MR) is 231 cm³/mol. The fourth-order valence-electron chi connectivity index (χ4n) is 7.76. The Hall–Kier alpha value is -5.86. The second-order valence-electron chi connectivity index (χ2n) is 15.2. The van der Waals surface area contributed by atoms with E-state index >= 15 is 0 Å². The van der Waals surface area contributed by atoms with Gasteiger partial charge in [-0.05, 0) is 195 Å². The number of fused-ring (bicyclic) bond motifs is 5. The van der Waals surface area contributed by atoms with Gasteiger partial charge in [-0.2, -0.15) is 0 Å². The molecule has 2 heteroatoms. The lowest BCUT2D eigenvalue weighted by molar-refractivity contribution is 1.24. The first-order chi connectivity index (χ1) is 25.5. The Morgan fingerprint density at radius 3 is 1.02 bits per heavy atom. The topological polar surface area (TPSA) is 6.48 Å². The number of anilines is 6. The summed E-state index contributed by atoms with van der Waals surface area (Å²) in [6, 6.07) is 48.3. The van der Waals surface area contributed by atoms with Gasteiger partial charge in [-0.25, -0.2) is 0 Å². The molecule has 0 amide bonds. The molecule has 0 saturated carbocycles. The van der Waals surface area contributed by atoms with E-state index in [1.165, 1.54) is 93.8 Å². The fourth-order valence-corrected chi connectivity index (χ4v) is 7.76. The quantitative estimate of drug-likeness (QED) is 0.160. The average Bonchev–Trinajstić information content (AvgIpc) is 3.14. The molecule has 262 valence electrons. The van der Waals surface area contributed by atoms with Crippen LogP contribution in [0.1, 0.15) is 50.1 Å². The van der Waals surface area contributed by atoms with Crippen molar-refractivity contribution in [2.75, 3.05) is 9.80 Å². The SMILES string of the molecule is Cc1ccc2c(c1)c(N(c1ccc(C)c(C)c1)c1ccc(C)c(C)c1)cc1c3ccccc3c(N(c3ccc(C)c(C)c3)c3ccc(C)c(C)c3)cc21. The number of hydrogen-bond acceptors (Lipinski definition) is 2. The van der Waals surface area contributed by atoms with Gasteiger partial charge in [0.05, 0.1) is 11.4 Å². The fraction of sp³-hybridized carbons (Fsp3) is 0.176. The molecule has 0 saturated heterocycles. The number of hydrogen-bond donors (Lipinski definition) is 0. The Kier molecular flexibility index (Phi) is 8.58. The Labute approximate surface area is 315 Å². The number of rotatable bonds is 6. The number of aryl methyl sites for hydroxylation is 9. The first-order valence-electron chi connectivity index (χ1n) is 18.8. The molecule has 0 N–H and O–H groups in total. The van der Waals surface area contributed by atoms with Crippen LogP contribution >= 0.6 is 0 Å². The average molecular weight is 689 g/mol. The first-order valence-corrected chi connectivity index (χ1v) is 18.8. The van der Waals surface area contributed by atoms with E-state index in [4.69, 9.17) is 0 Å². The molecule has 0 aromatic heterocycles. The van der Waals surface area contributed by atoms with Crippen molar-refractivity contribution in [3.63, 3.8) is 0 Å². The Morgan fingerprint density at radius 1 is 0.264 bits per heavy atom. The molecule has 0 radical (unpaired) electrons. The summed E-state index contributed by atoms with van der Waals surface area (Å²) < 4.78 is 0. The van der Waals surface area contributed by atoms with Gasteiger partial charge in [-0.3, -0.25) is 0 Å². The van der Waals surface area contributed by atoms with Crippen LogP contribution in [0, 0.1) is 62.3 Å². The van der Waals surface area contributed by atoms with Crippen LogP contribution in [0.4, 0.5) is 34.1 Å². The van der Waals surface area contributed by atoms with Crippen LogP contribution in [0.25, 0.3) is 32.3 Å². The number of nitrogens with zero attached hydrogens (tertiary/aromatic N) is 2. The highest BCUT2D eigenvalue weighted by atomic mass is 15.2. The van der Waals surface area contributed by atoms with Crippen molar-refractivity contribution in [1.82, 2.24) is 0 Å². The summed E-state index contributed by atoms with van der Waals surface area (Å²) in [6.45, 7) is 19.8. The normalized spacial score (nSPS) is 11.5. The lowest BCUT2D eigenvalue weighted by atomic mass is 9.92. The van der Waals surface area contributed by atoms with E-state index in [0.717, 1.165) is 22.7 Å². The van der Waals surface area contributed by atoms with E-state index in [0.29, 0.717) is 0 Å². The van der Waals surface area contributed by atoms with Gasteiger partial charge < -0.3 is 9.80 Å². The van der Waals surface area contributed by atoms with Gasteiger partial charge in [0, 0.05) is 33.5 Å². The molecule has 0 heterocycles. The molecular formula is C51H48N2. The highest BCUT2D eigenvalue weighted by molar-refractivity contribution is 6.24. The van der Waals surface area contributed by atoms with E-state index in [1.807, 2.05) is 0 Å². The minimum Gasteiger partial charge on any atom is -0.310 e. The third kappa shape index (κ3) is 6.03. The molecule has 8 rings (SSSR count). The van der Waals surface area contributed by atoms with Crippen LogP contribution in [-0.2, 0) is 0 Å². The summed E-state index contributed by atoms with van der Waals surface area (Å²) in [7, 11) is 0. The van der Waals surface area contributed by atoms with E-state index in [1.54, 1.807) is 0 Å². The van der Waals surface area contributed by atoms with Gasteiger partial charge in [-0.15, -0.1) is 0 Å². The monoisotopic (exact) mass is 688 g/mol. The van der Waals surface area contributed by atoms with Gasteiger partial charge in [0.1, 0.15) is 0 Å². The molecule has 53 heavy (non-hydrogen) atoms. The zero-order chi connectivity index (χ0) is 37.1. The van der Waals surface area contributed by atoms with Crippen LogP contribution in [-0.4, -0.2) is 0 Å². The summed E-state index contributed by atoms with van der Waals surface area (Å²) in [4.78, 5) is 4.93. The van der Waals surface area contributed by atoms with Crippen molar-refractivity contribution in [3.8, 4) is 0 Å². The van der Waals surface area contributed by atoms with Crippen molar-refractivity contribution < 1.29 is 0 Å². The zero-order valence-electron chi connectivity index (χ0n) is 32.5. The molecule has 0 fully saturated rings. The predicted octanol–water partition coefficient (Wildman–Crippen LogP) is 14.9. The minimum absolute atomic E-state index is 1.16. The van der Waals surface area contributed by atoms with E-state index < -0.39 is 0 Å². The second-order valence-corrected chi connectivity index (χ2v) is 15.2. The molecule has 0 aliphatic rings. The van der Waals surface area contributed by atoms with Crippen LogP contribution in [0.5, 0.6) is 0 Å². The minimum atomic E-state index is 1.16. The van der Waals surface area contributed by atoms with Crippen molar-refractivity contribution >= 4 is 66.4 Å². The largest absolute Gasteiger partial charge is 0.310 e. The van der Waals surface area contributed by atoms with Gasteiger partial charge in [-0.1, -0.05) is 66.2 Å². The van der Waals surface area contributed by atoms with Gasteiger partial charge >= 0.3 is 0 Å². The third-order valence-electron chi connectivity index (χ3n) is 11.6. The van der Waals surface area contributed by atoms with Gasteiger partial charge in [0.25, 0.3) is 0 Å². The third-order valence-corrected chi connectivity index (χ3v) is 11.6. The summed E-state index contributed by atoms with van der Waals surface area (Å²) in [5.74, 6) is 0. The second kappa shape index (κ2) is 13.3. The van der Waals surface area contributed by atoms with Crippen LogP contribution < -0.4 is 9.80 Å². The molecule has 0 bridgehead atoms. The van der Waals surface area contributed by atoms with E-state index in [-0.39, 0.29) is 0 Å². The van der Waals surface area contributed by atoms with Gasteiger partial charge in [0.2, 0.25) is 0 Å². The van der Waals surface area contributed by atoms with Crippen LogP contribution in [0.2, 0.25) is 0 Å². The standard InChI is InChI=1S/C51H48N2/c1-31-14-23-45-48-29-50(52(40-19-15-32(2)36(6)25-40)41-20-16-33(3)37(7)26-41)46-13-11-10-12-44(46)47(48)30-51(49(45)24-31)53(42-21-17-34(4)38(8)27-42)43-22-18-35(5)39(9)28-43/h10-30H,1-9H3. The Morgan fingerprint density at radius 2 is 0.623 bits per heavy atom. The van der Waals surface area contributed by atoms with Crippen molar-refractivity contribution in [2.24, 2.45) is 0 Å². The zero-order valence-corrected chi connectivity index (χ0v) is 32.5. The lowest BCUT2D eigenvalue weighted by Gasteiger charge is -2.30. The molecule has 0 aliphatic heterocycles. The molecule has 0 aliphatic carbocycles. The summed E-state index contributed by atoms with van der Waals surface area (Å²) in [6.07, 6.45) is 0. The Balaban J connectivity index is 1.49. The van der Waals surface area contributed by atoms with E-state index in [9.17, 15) is 0 Å². The highest BCUT2D eigenvalue weighted by Gasteiger charge is 2.23. The van der Waals surface area contributed by atoms with Crippen LogP contribution in [0.15, 0.2) is 127 Å². The van der Waals surface area contributed by atoms with E-state index in [2.05, 4.69) is 200 Å². The summed E-state index contributed by atoms with van der Waals surface area (Å²) in [5, 5.41) is 7.43. The molecule has 0 spiro atoms. The Bertz CT molecular complexity index is 2630. The maximum atomic E-state index is 2.47. The smallest absolute Gasteiger partial charge is 0.0546 e. The van der Waals surface area contributed by atoms with Gasteiger partial charge in [0.15, 0.2) is 0 Å². The lowest BCUT2D eigenvalue weighted by Crippen LogP contribution is -2.13. The highest BCUT2D eigenvalue weighted by Crippen LogP contribution is 2.48. The molecular weight excluding hydrogens is 641 g/mol. The molecule has 0 atom stereocenters. The molecule has 0 unspecified atom stereocenters. The molecule has 8 aromatic carbocycles. The summed E-state index contributed by atoms with van der Waals surface area (Å²) in [5.41, 5.74) is 18.6. The maximum Gasteiger partial charge on any atom is 0.0546 e. The molecule has 8 aromatic rings. The summed E-state index contributed by atoms with van der Waals surface area (Å²) >= 11 is 0. The van der Waals surface area contributed by atoms with Crippen molar-refractivity contribution in [3.05, 3.63) is 177 Å². The first kappa shape index (κ1) is 34.2. The maximum absolute atomic E-state index is 2.47. The van der Waals surface area contributed by atoms with Crippen molar-refractivity contribution in [1.29, 1.82) is 0 Å². The molecule has 2 nitrogen and oxygen atoms in total. The number of benzene rings is 8. The van der Waals surface area contributed by atoms with Crippen molar-refractivity contribution in [2.45, 2.75) is 62.3 Å². The van der Waals surface area contributed by atoms with Crippen LogP contribution in [0.3, 0.4) is 0 Å².